The van der Waals surface area contributed by atoms with Crippen LogP contribution in [0.25, 0.3) is 0 Å². The zero-order valence-corrected chi connectivity index (χ0v) is 11.8. The van der Waals surface area contributed by atoms with Crippen molar-refractivity contribution in [2.24, 2.45) is 5.92 Å². The predicted octanol–water partition coefficient (Wildman–Crippen LogP) is 2.28. The highest BCUT2D eigenvalue weighted by Crippen LogP contribution is 2.19. The van der Waals surface area contributed by atoms with Gasteiger partial charge in [-0.25, -0.2) is 0 Å². The maximum atomic E-state index is 9.99. The van der Waals surface area contributed by atoms with Crippen LogP contribution >= 0.6 is 0 Å². The second-order valence-electron chi connectivity index (χ2n) is 5.42. The Morgan fingerprint density at radius 3 is 3.21 bits per heavy atom. The van der Waals surface area contributed by atoms with Gasteiger partial charge in [-0.1, -0.05) is 13.3 Å². The van der Waals surface area contributed by atoms with Gasteiger partial charge in [-0.2, -0.15) is 0 Å². The van der Waals surface area contributed by atoms with Crippen LogP contribution in [0.5, 0.6) is 0 Å². The minimum atomic E-state index is -0.412. The van der Waals surface area contributed by atoms with Gasteiger partial charge in [0.2, 0.25) is 0 Å². The van der Waals surface area contributed by atoms with E-state index in [-0.39, 0.29) is 0 Å². The van der Waals surface area contributed by atoms with Crippen LogP contribution in [-0.4, -0.2) is 42.4 Å². The molecule has 4 heteroatoms. The quantitative estimate of drug-likeness (QED) is 0.823. The van der Waals surface area contributed by atoms with Crippen LogP contribution in [0.3, 0.4) is 0 Å². The van der Waals surface area contributed by atoms with Gasteiger partial charge in [0.05, 0.1) is 19.0 Å². The molecule has 108 valence electrons. The first kappa shape index (κ1) is 14.6. The van der Waals surface area contributed by atoms with Crippen molar-refractivity contribution >= 4 is 0 Å². The number of β-amino-alcohol motifs (C(OH)–C–C–N with tert-alkyl or cyclic N) is 1. The van der Waals surface area contributed by atoms with E-state index in [0.717, 1.165) is 24.8 Å². The van der Waals surface area contributed by atoms with Crippen LogP contribution in [0, 0.1) is 5.92 Å². The molecule has 1 fully saturated rings. The molecule has 1 aromatic heterocycles. The standard InChI is InChI=1S/C15H25NO3/c1-2-13-5-3-7-16(9-13)10-14(17)11-18-12-15-6-4-8-19-15/h4,6,8,13-14,17H,2-3,5,7,9-12H2,1H3. The van der Waals surface area contributed by atoms with Gasteiger partial charge in [0.15, 0.2) is 0 Å². The number of nitrogens with zero attached hydrogens (tertiary/aromatic N) is 1. The Hall–Kier alpha value is -0.840. The molecule has 2 atom stereocenters. The topological polar surface area (TPSA) is 45.8 Å². The van der Waals surface area contributed by atoms with Crippen LogP contribution < -0.4 is 0 Å². The van der Waals surface area contributed by atoms with Crippen LogP contribution in [-0.2, 0) is 11.3 Å². The van der Waals surface area contributed by atoms with E-state index in [1.807, 2.05) is 12.1 Å². The number of hydrogen-bond donors (Lipinski definition) is 1. The largest absolute Gasteiger partial charge is 0.467 e. The second kappa shape index (κ2) is 7.68. The third-order valence-electron chi connectivity index (χ3n) is 3.78. The Kier molecular flexibility index (Phi) is 5.89. The summed E-state index contributed by atoms with van der Waals surface area (Å²) in [5.74, 6) is 1.60. The van der Waals surface area contributed by atoms with E-state index in [1.54, 1.807) is 6.26 Å². The predicted molar refractivity (Wildman–Crippen MR) is 73.8 cm³/mol. The van der Waals surface area contributed by atoms with Crippen molar-refractivity contribution in [1.82, 2.24) is 4.90 Å². The molecule has 0 bridgehead atoms. The summed E-state index contributed by atoms with van der Waals surface area (Å²) in [6.45, 7) is 5.98. The molecule has 0 amide bonds. The van der Waals surface area contributed by atoms with E-state index in [0.29, 0.717) is 19.8 Å². The zero-order chi connectivity index (χ0) is 13.5. The number of piperidine rings is 1. The number of rotatable bonds is 7. The highest BCUT2D eigenvalue weighted by atomic mass is 16.5. The summed E-state index contributed by atoms with van der Waals surface area (Å²) in [7, 11) is 0. The fourth-order valence-corrected chi connectivity index (χ4v) is 2.69. The Bertz CT molecular complexity index is 339. The smallest absolute Gasteiger partial charge is 0.129 e. The summed E-state index contributed by atoms with van der Waals surface area (Å²) in [4.78, 5) is 2.36. The van der Waals surface area contributed by atoms with Gasteiger partial charge in [-0.3, -0.25) is 0 Å². The van der Waals surface area contributed by atoms with Crippen molar-refractivity contribution < 1.29 is 14.3 Å². The highest BCUT2D eigenvalue weighted by molar-refractivity contribution is 4.96. The molecule has 0 aromatic carbocycles. The Morgan fingerprint density at radius 2 is 2.47 bits per heavy atom. The van der Waals surface area contributed by atoms with Crippen molar-refractivity contribution in [1.29, 1.82) is 0 Å². The maximum Gasteiger partial charge on any atom is 0.129 e. The summed E-state index contributed by atoms with van der Waals surface area (Å²) in [5, 5.41) is 9.99. The number of ether oxygens (including phenoxy) is 1. The molecule has 4 nitrogen and oxygen atoms in total. The number of aliphatic hydroxyl groups excluding tert-OH is 1. The number of hydrogen-bond acceptors (Lipinski definition) is 4. The molecule has 1 N–H and O–H groups in total. The number of furan rings is 1. The van der Waals surface area contributed by atoms with Crippen molar-refractivity contribution in [3.63, 3.8) is 0 Å². The van der Waals surface area contributed by atoms with Crippen LogP contribution in [0.2, 0.25) is 0 Å². The van der Waals surface area contributed by atoms with E-state index >= 15 is 0 Å². The minimum absolute atomic E-state index is 0.369. The number of aliphatic hydroxyl groups is 1. The van der Waals surface area contributed by atoms with E-state index < -0.39 is 6.10 Å². The SMILES string of the molecule is CCC1CCCN(CC(O)COCc2ccco2)C1. The molecule has 2 rings (SSSR count). The molecule has 0 aliphatic carbocycles. The van der Waals surface area contributed by atoms with Crippen molar-refractivity contribution in [2.75, 3.05) is 26.2 Å². The van der Waals surface area contributed by atoms with Crippen LogP contribution in [0.15, 0.2) is 22.8 Å². The summed E-state index contributed by atoms with van der Waals surface area (Å²) in [6, 6.07) is 3.72. The van der Waals surface area contributed by atoms with Crippen molar-refractivity contribution in [3.05, 3.63) is 24.2 Å². The molecule has 19 heavy (non-hydrogen) atoms. The van der Waals surface area contributed by atoms with Crippen molar-refractivity contribution in [3.8, 4) is 0 Å². The zero-order valence-electron chi connectivity index (χ0n) is 11.8. The van der Waals surface area contributed by atoms with E-state index in [1.165, 1.54) is 19.3 Å². The summed E-state index contributed by atoms with van der Waals surface area (Å²) < 4.78 is 10.6. The van der Waals surface area contributed by atoms with Crippen LogP contribution in [0.4, 0.5) is 0 Å². The summed E-state index contributed by atoms with van der Waals surface area (Å²) >= 11 is 0. The van der Waals surface area contributed by atoms with E-state index in [9.17, 15) is 5.11 Å². The molecule has 0 saturated carbocycles. The average Bonchev–Trinajstić information content (AvgIpc) is 2.92. The maximum absolute atomic E-state index is 9.99. The fraction of sp³-hybridized carbons (Fsp3) is 0.733. The summed E-state index contributed by atoms with van der Waals surface area (Å²) in [6.07, 6.45) is 5.04. The first-order valence-corrected chi connectivity index (χ1v) is 7.28. The molecule has 1 aliphatic heterocycles. The third kappa shape index (κ3) is 4.97. The summed E-state index contributed by atoms with van der Waals surface area (Å²) in [5.41, 5.74) is 0. The van der Waals surface area contributed by atoms with Gasteiger partial charge < -0.3 is 19.2 Å². The molecule has 2 unspecified atom stereocenters. The lowest BCUT2D eigenvalue weighted by atomic mass is 9.95. The molecule has 2 heterocycles. The monoisotopic (exact) mass is 267 g/mol. The van der Waals surface area contributed by atoms with Gasteiger partial charge in [0.25, 0.3) is 0 Å². The van der Waals surface area contributed by atoms with Gasteiger partial charge >= 0.3 is 0 Å². The van der Waals surface area contributed by atoms with E-state index in [2.05, 4.69) is 11.8 Å². The molecular weight excluding hydrogens is 242 g/mol. The van der Waals surface area contributed by atoms with Crippen LogP contribution in [0.1, 0.15) is 31.9 Å². The normalized spacial score (nSPS) is 22.5. The van der Waals surface area contributed by atoms with Gasteiger partial charge in [-0.05, 0) is 37.4 Å². The first-order valence-electron chi connectivity index (χ1n) is 7.28. The lowest BCUT2D eigenvalue weighted by molar-refractivity contribution is -0.00131. The Labute approximate surface area is 115 Å². The Balaban J connectivity index is 1.62. The molecule has 0 spiro atoms. The lowest BCUT2D eigenvalue weighted by Crippen LogP contribution is -2.41. The molecule has 0 radical (unpaired) electrons. The molecular formula is C15H25NO3. The van der Waals surface area contributed by atoms with Gasteiger partial charge in [0.1, 0.15) is 12.4 Å². The van der Waals surface area contributed by atoms with Gasteiger partial charge in [-0.15, -0.1) is 0 Å². The third-order valence-corrected chi connectivity index (χ3v) is 3.78. The van der Waals surface area contributed by atoms with Gasteiger partial charge in [0, 0.05) is 13.1 Å². The minimum Gasteiger partial charge on any atom is -0.467 e. The molecule has 1 aromatic rings. The fourth-order valence-electron chi connectivity index (χ4n) is 2.69. The lowest BCUT2D eigenvalue weighted by Gasteiger charge is -2.33. The number of likely N-dealkylation sites (tertiary alicyclic amines) is 1. The van der Waals surface area contributed by atoms with E-state index in [4.69, 9.17) is 9.15 Å². The average molecular weight is 267 g/mol. The first-order chi connectivity index (χ1) is 9.28. The molecule has 1 aliphatic rings. The second-order valence-corrected chi connectivity index (χ2v) is 5.42. The highest BCUT2D eigenvalue weighted by Gasteiger charge is 2.20. The van der Waals surface area contributed by atoms with Crippen molar-refractivity contribution in [2.45, 2.75) is 38.9 Å². The Morgan fingerprint density at radius 1 is 1.58 bits per heavy atom. The molecule has 1 saturated heterocycles.